The number of anilines is 2. The summed E-state index contributed by atoms with van der Waals surface area (Å²) in [6.07, 6.45) is 2.05. The maximum atomic E-state index is 13.5. The molecule has 0 heterocycles. The number of carbonyl (C=O) groups excluding carboxylic acids is 3. The first-order valence-electron chi connectivity index (χ1n) is 13.3. The highest BCUT2D eigenvalue weighted by Crippen LogP contribution is 2.37. The average Bonchev–Trinajstić information content (AvgIpc) is 2.97. The lowest BCUT2D eigenvalue weighted by molar-refractivity contribution is -0.116. The molecule has 1 atom stereocenters. The van der Waals surface area contributed by atoms with E-state index >= 15 is 0 Å². The van der Waals surface area contributed by atoms with Gasteiger partial charge in [0.15, 0.2) is 0 Å². The normalized spacial score (nSPS) is 11.3. The van der Waals surface area contributed by atoms with Gasteiger partial charge in [0.05, 0.1) is 18.6 Å². The molecule has 204 valence electrons. The second-order valence-corrected chi connectivity index (χ2v) is 10.4. The summed E-state index contributed by atoms with van der Waals surface area (Å²) in [4.78, 5) is 39.1. The van der Waals surface area contributed by atoms with Gasteiger partial charge in [-0.15, -0.1) is 11.8 Å². The van der Waals surface area contributed by atoms with Gasteiger partial charge in [-0.1, -0.05) is 80.1 Å². The Labute approximate surface area is 239 Å². The van der Waals surface area contributed by atoms with Crippen molar-refractivity contribution in [1.29, 1.82) is 0 Å². The van der Waals surface area contributed by atoms with E-state index in [4.69, 9.17) is 4.74 Å². The Balaban J connectivity index is 1.44. The second kappa shape index (κ2) is 14.7. The fourth-order valence-electron chi connectivity index (χ4n) is 3.96. The quantitative estimate of drug-likeness (QED) is 0.109. The standard InChI is InChI=1S/C33H32N2O4S/c1-2-3-21-39-33(38)26-17-19-27(20-18-26)35-32(37)31(25-13-8-5-9-14-25)40-29-16-10-15-28(23-29)34-30(36)22-24-11-6-4-7-12-24/h4-20,23,31H,2-3,21-22H2,1H3,(H,34,36)(H,35,37). The zero-order valence-electron chi connectivity index (χ0n) is 22.3. The summed E-state index contributed by atoms with van der Waals surface area (Å²) in [5.41, 5.74) is 3.47. The van der Waals surface area contributed by atoms with Crippen LogP contribution in [0.15, 0.2) is 114 Å². The Morgan fingerprint density at radius 3 is 2.17 bits per heavy atom. The first-order chi connectivity index (χ1) is 19.5. The number of hydrogen-bond donors (Lipinski definition) is 2. The summed E-state index contributed by atoms with van der Waals surface area (Å²) in [5.74, 6) is -0.684. The minimum Gasteiger partial charge on any atom is -0.462 e. The van der Waals surface area contributed by atoms with E-state index in [1.165, 1.54) is 11.8 Å². The lowest BCUT2D eigenvalue weighted by Crippen LogP contribution is -2.19. The van der Waals surface area contributed by atoms with Gasteiger partial charge in [-0.3, -0.25) is 9.59 Å². The van der Waals surface area contributed by atoms with Crippen LogP contribution in [0.1, 0.15) is 46.5 Å². The van der Waals surface area contributed by atoms with Crippen LogP contribution in [0, 0.1) is 0 Å². The SMILES string of the molecule is CCCCOC(=O)c1ccc(NC(=O)C(Sc2cccc(NC(=O)Cc3ccccc3)c2)c2ccccc2)cc1. The van der Waals surface area contributed by atoms with Crippen LogP contribution >= 0.6 is 11.8 Å². The van der Waals surface area contributed by atoms with Gasteiger partial charge in [0.25, 0.3) is 0 Å². The number of ether oxygens (including phenoxy) is 1. The first kappa shape index (κ1) is 28.6. The predicted molar refractivity (Wildman–Crippen MR) is 161 cm³/mol. The van der Waals surface area contributed by atoms with E-state index in [-0.39, 0.29) is 24.2 Å². The molecule has 0 aliphatic heterocycles. The van der Waals surface area contributed by atoms with Crippen LogP contribution in [0.2, 0.25) is 0 Å². The molecule has 0 aromatic heterocycles. The van der Waals surface area contributed by atoms with Crippen molar-refractivity contribution >= 4 is 40.9 Å². The number of rotatable bonds is 12. The van der Waals surface area contributed by atoms with Crippen LogP contribution in [0.3, 0.4) is 0 Å². The van der Waals surface area contributed by atoms with Gasteiger partial charge in [-0.2, -0.15) is 0 Å². The third-order valence-corrected chi connectivity index (χ3v) is 7.29. The number of hydrogen-bond acceptors (Lipinski definition) is 5. The Bertz CT molecular complexity index is 1410. The number of amides is 2. The first-order valence-corrected chi connectivity index (χ1v) is 14.1. The van der Waals surface area contributed by atoms with E-state index in [1.54, 1.807) is 24.3 Å². The van der Waals surface area contributed by atoms with Crippen molar-refractivity contribution in [3.8, 4) is 0 Å². The predicted octanol–water partition coefficient (Wildman–Crippen LogP) is 7.30. The largest absolute Gasteiger partial charge is 0.462 e. The fraction of sp³-hybridized carbons (Fsp3) is 0.182. The molecule has 6 nitrogen and oxygen atoms in total. The molecular formula is C33H32N2O4S. The molecular weight excluding hydrogens is 520 g/mol. The van der Waals surface area contributed by atoms with E-state index in [1.807, 2.05) is 91.9 Å². The Hall–Kier alpha value is -4.36. The van der Waals surface area contributed by atoms with Crippen molar-refractivity contribution < 1.29 is 19.1 Å². The van der Waals surface area contributed by atoms with Gasteiger partial charge in [0.2, 0.25) is 11.8 Å². The minimum absolute atomic E-state index is 0.108. The number of esters is 1. The van der Waals surface area contributed by atoms with Gasteiger partial charge in [-0.05, 0) is 60.0 Å². The van der Waals surface area contributed by atoms with Crippen molar-refractivity contribution in [1.82, 2.24) is 0 Å². The topological polar surface area (TPSA) is 84.5 Å². The highest BCUT2D eigenvalue weighted by molar-refractivity contribution is 8.00. The Morgan fingerprint density at radius 2 is 1.48 bits per heavy atom. The molecule has 2 amide bonds. The summed E-state index contributed by atoms with van der Waals surface area (Å²) in [6.45, 7) is 2.43. The smallest absolute Gasteiger partial charge is 0.338 e. The van der Waals surface area contributed by atoms with Gasteiger partial charge in [0.1, 0.15) is 5.25 Å². The molecule has 0 radical (unpaired) electrons. The Morgan fingerprint density at radius 1 is 0.775 bits per heavy atom. The zero-order valence-corrected chi connectivity index (χ0v) is 23.2. The molecule has 0 saturated carbocycles. The molecule has 0 saturated heterocycles. The number of thioether (sulfide) groups is 1. The number of unbranched alkanes of at least 4 members (excludes halogenated alkanes) is 1. The van der Waals surface area contributed by atoms with E-state index < -0.39 is 5.25 Å². The van der Waals surface area contributed by atoms with Crippen molar-refractivity contribution in [3.63, 3.8) is 0 Å². The van der Waals surface area contributed by atoms with Crippen LogP contribution in [0.5, 0.6) is 0 Å². The molecule has 2 N–H and O–H groups in total. The third kappa shape index (κ3) is 8.58. The zero-order chi connectivity index (χ0) is 28.2. The molecule has 0 aliphatic rings. The van der Waals surface area contributed by atoms with E-state index in [9.17, 15) is 14.4 Å². The Kier molecular flexibility index (Phi) is 10.5. The maximum absolute atomic E-state index is 13.5. The summed E-state index contributed by atoms with van der Waals surface area (Å²) in [5, 5.41) is 5.38. The number of nitrogens with one attached hydrogen (secondary N) is 2. The van der Waals surface area contributed by atoms with Gasteiger partial charge in [0, 0.05) is 16.3 Å². The lowest BCUT2D eigenvalue weighted by Gasteiger charge is -2.18. The molecule has 0 aliphatic carbocycles. The summed E-state index contributed by atoms with van der Waals surface area (Å²) < 4.78 is 5.26. The number of benzene rings is 4. The number of carbonyl (C=O) groups is 3. The van der Waals surface area contributed by atoms with E-state index in [0.29, 0.717) is 23.5 Å². The molecule has 4 rings (SSSR count). The van der Waals surface area contributed by atoms with Crippen molar-refractivity contribution in [2.24, 2.45) is 0 Å². The van der Waals surface area contributed by atoms with E-state index in [0.717, 1.165) is 28.9 Å². The molecule has 4 aromatic carbocycles. The summed E-state index contributed by atoms with van der Waals surface area (Å²) in [7, 11) is 0. The molecule has 40 heavy (non-hydrogen) atoms. The van der Waals surface area contributed by atoms with Crippen molar-refractivity contribution in [3.05, 3.63) is 126 Å². The monoisotopic (exact) mass is 552 g/mol. The lowest BCUT2D eigenvalue weighted by atomic mass is 10.1. The van der Waals surface area contributed by atoms with Crippen LogP contribution in [-0.2, 0) is 20.7 Å². The van der Waals surface area contributed by atoms with E-state index in [2.05, 4.69) is 10.6 Å². The van der Waals surface area contributed by atoms with Gasteiger partial charge in [-0.25, -0.2) is 4.79 Å². The second-order valence-electron chi connectivity index (χ2n) is 9.20. The van der Waals surface area contributed by atoms with Gasteiger partial charge >= 0.3 is 5.97 Å². The maximum Gasteiger partial charge on any atom is 0.338 e. The highest BCUT2D eigenvalue weighted by Gasteiger charge is 2.23. The highest BCUT2D eigenvalue weighted by atomic mass is 32.2. The molecule has 7 heteroatoms. The minimum atomic E-state index is -0.546. The molecule has 1 unspecified atom stereocenters. The fourth-order valence-corrected chi connectivity index (χ4v) is 5.04. The molecule has 0 bridgehead atoms. The third-order valence-electron chi connectivity index (χ3n) is 6.04. The summed E-state index contributed by atoms with van der Waals surface area (Å²) in [6, 6.07) is 33.3. The van der Waals surface area contributed by atoms with Crippen LogP contribution in [0.25, 0.3) is 0 Å². The van der Waals surface area contributed by atoms with Crippen LogP contribution < -0.4 is 10.6 Å². The molecule has 0 fully saturated rings. The molecule has 0 spiro atoms. The van der Waals surface area contributed by atoms with Gasteiger partial charge < -0.3 is 15.4 Å². The summed E-state index contributed by atoms with van der Waals surface area (Å²) >= 11 is 1.40. The van der Waals surface area contributed by atoms with Crippen molar-refractivity contribution in [2.45, 2.75) is 36.3 Å². The van der Waals surface area contributed by atoms with Crippen LogP contribution in [0.4, 0.5) is 11.4 Å². The molecule has 4 aromatic rings. The van der Waals surface area contributed by atoms with Crippen molar-refractivity contribution in [2.75, 3.05) is 17.2 Å². The average molecular weight is 553 g/mol. The van der Waals surface area contributed by atoms with Crippen LogP contribution in [-0.4, -0.2) is 24.4 Å².